The van der Waals surface area contributed by atoms with Crippen LogP contribution in [0.5, 0.6) is 11.5 Å². The van der Waals surface area contributed by atoms with Crippen molar-refractivity contribution in [1.29, 1.82) is 0 Å². The Bertz CT molecular complexity index is 600. The number of benzene rings is 2. The van der Waals surface area contributed by atoms with Crippen molar-refractivity contribution in [2.75, 3.05) is 0 Å². The number of phenols is 2. The molecule has 2 nitrogen and oxygen atoms in total. The van der Waals surface area contributed by atoms with Crippen molar-refractivity contribution < 1.29 is 10.2 Å². The van der Waals surface area contributed by atoms with Gasteiger partial charge in [-0.05, 0) is 90.8 Å². The minimum atomic E-state index is 0.339. The average Bonchev–Trinajstić information content (AvgIpc) is 2.42. The molecule has 2 rings (SSSR count). The first-order valence-electron chi connectivity index (χ1n) is 7.59. The van der Waals surface area contributed by atoms with Crippen molar-refractivity contribution in [1.82, 2.24) is 0 Å². The van der Waals surface area contributed by atoms with E-state index in [0.29, 0.717) is 11.5 Å². The molecule has 0 amide bonds. The lowest BCUT2D eigenvalue weighted by atomic mass is 9.89. The van der Waals surface area contributed by atoms with Crippen molar-refractivity contribution in [3.63, 3.8) is 0 Å². The van der Waals surface area contributed by atoms with Gasteiger partial charge in [-0.1, -0.05) is 13.8 Å². The van der Waals surface area contributed by atoms with E-state index in [0.717, 1.165) is 30.4 Å². The highest BCUT2D eigenvalue weighted by molar-refractivity contribution is 5.48. The molecule has 2 heteroatoms. The predicted molar refractivity (Wildman–Crippen MR) is 87.2 cm³/mol. The van der Waals surface area contributed by atoms with Crippen LogP contribution in [0.2, 0.25) is 0 Å². The second kappa shape index (κ2) is 6.21. The quantitative estimate of drug-likeness (QED) is 0.872. The van der Waals surface area contributed by atoms with Crippen LogP contribution < -0.4 is 0 Å². The van der Waals surface area contributed by atoms with Gasteiger partial charge in [0.15, 0.2) is 0 Å². The predicted octanol–water partition coefficient (Wildman–Crippen LogP) is 4.43. The van der Waals surface area contributed by atoms with Crippen LogP contribution in [0.4, 0.5) is 0 Å². The molecule has 0 spiro atoms. The molecule has 0 radical (unpaired) electrons. The standard InChI is InChI=1S/C19H24O2/c1-5-14-9-16(20)7-12(3)18(14)11-19-13(4)8-17(21)10-15(19)6-2/h7-10,20-21H,5-6,11H2,1-4H3. The maximum Gasteiger partial charge on any atom is 0.116 e. The van der Waals surface area contributed by atoms with Crippen molar-refractivity contribution in [2.45, 2.75) is 47.0 Å². The molecule has 0 bridgehead atoms. The van der Waals surface area contributed by atoms with Crippen LogP contribution in [0, 0.1) is 13.8 Å². The fourth-order valence-electron chi connectivity index (χ4n) is 3.05. The second-order valence-electron chi connectivity index (χ2n) is 5.68. The summed E-state index contributed by atoms with van der Waals surface area (Å²) in [7, 11) is 0. The third-order valence-electron chi connectivity index (χ3n) is 4.22. The van der Waals surface area contributed by atoms with E-state index >= 15 is 0 Å². The number of aromatic hydroxyl groups is 2. The van der Waals surface area contributed by atoms with Gasteiger partial charge in [0.2, 0.25) is 0 Å². The minimum Gasteiger partial charge on any atom is -0.508 e. The molecule has 0 heterocycles. The molecule has 0 aliphatic carbocycles. The average molecular weight is 284 g/mol. The van der Waals surface area contributed by atoms with E-state index in [-0.39, 0.29) is 0 Å². The molecule has 0 aromatic heterocycles. The maximum absolute atomic E-state index is 9.77. The van der Waals surface area contributed by atoms with Gasteiger partial charge in [-0.15, -0.1) is 0 Å². The van der Waals surface area contributed by atoms with Gasteiger partial charge in [0.1, 0.15) is 11.5 Å². The monoisotopic (exact) mass is 284 g/mol. The Kier molecular flexibility index (Phi) is 4.56. The highest BCUT2D eigenvalue weighted by Gasteiger charge is 2.13. The summed E-state index contributed by atoms with van der Waals surface area (Å²) in [5.74, 6) is 0.678. The van der Waals surface area contributed by atoms with Crippen molar-refractivity contribution in [3.05, 3.63) is 57.6 Å². The fourth-order valence-corrected chi connectivity index (χ4v) is 3.05. The summed E-state index contributed by atoms with van der Waals surface area (Å²) in [6.07, 6.45) is 2.66. The van der Waals surface area contributed by atoms with Crippen LogP contribution in [0.3, 0.4) is 0 Å². The minimum absolute atomic E-state index is 0.339. The van der Waals surface area contributed by atoms with Crippen LogP contribution in [0.25, 0.3) is 0 Å². The molecule has 0 atom stereocenters. The Morgan fingerprint density at radius 1 is 0.714 bits per heavy atom. The summed E-state index contributed by atoms with van der Waals surface area (Å²) in [5.41, 5.74) is 7.23. The van der Waals surface area contributed by atoms with E-state index in [4.69, 9.17) is 0 Å². The lowest BCUT2D eigenvalue weighted by molar-refractivity contribution is 0.473. The summed E-state index contributed by atoms with van der Waals surface area (Å²) in [5, 5.41) is 19.5. The number of aryl methyl sites for hydroxylation is 4. The number of hydrogen-bond acceptors (Lipinski definition) is 2. The summed E-state index contributed by atoms with van der Waals surface area (Å²) in [6, 6.07) is 7.39. The van der Waals surface area contributed by atoms with Gasteiger partial charge in [0.05, 0.1) is 0 Å². The van der Waals surface area contributed by atoms with E-state index in [1.54, 1.807) is 0 Å². The first-order chi connectivity index (χ1) is 9.96. The topological polar surface area (TPSA) is 40.5 Å². The number of phenolic OH excluding ortho intramolecular Hbond substituents is 2. The highest BCUT2D eigenvalue weighted by atomic mass is 16.3. The smallest absolute Gasteiger partial charge is 0.116 e. The molecular weight excluding hydrogens is 260 g/mol. The first kappa shape index (κ1) is 15.4. The van der Waals surface area contributed by atoms with Gasteiger partial charge >= 0.3 is 0 Å². The molecule has 0 aliphatic heterocycles. The molecule has 2 aromatic carbocycles. The molecule has 0 aliphatic rings. The molecular formula is C19H24O2. The van der Waals surface area contributed by atoms with Crippen molar-refractivity contribution in [3.8, 4) is 11.5 Å². The van der Waals surface area contributed by atoms with Gasteiger partial charge in [0.25, 0.3) is 0 Å². The Balaban J connectivity index is 2.53. The zero-order chi connectivity index (χ0) is 15.6. The van der Waals surface area contributed by atoms with Gasteiger partial charge < -0.3 is 10.2 Å². The molecule has 2 aromatic rings. The zero-order valence-corrected chi connectivity index (χ0v) is 13.3. The second-order valence-corrected chi connectivity index (χ2v) is 5.68. The molecule has 0 saturated carbocycles. The fraction of sp³-hybridized carbons (Fsp3) is 0.368. The summed E-state index contributed by atoms with van der Waals surface area (Å²) in [4.78, 5) is 0. The van der Waals surface area contributed by atoms with E-state index in [2.05, 4.69) is 27.7 Å². The first-order valence-corrected chi connectivity index (χ1v) is 7.59. The summed E-state index contributed by atoms with van der Waals surface area (Å²) in [6.45, 7) is 8.33. The lowest BCUT2D eigenvalue weighted by Gasteiger charge is -2.17. The lowest BCUT2D eigenvalue weighted by Crippen LogP contribution is -2.03. The molecule has 2 N–H and O–H groups in total. The highest BCUT2D eigenvalue weighted by Crippen LogP contribution is 2.29. The van der Waals surface area contributed by atoms with Gasteiger partial charge in [-0.2, -0.15) is 0 Å². The SMILES string of the molecule is CCc1cc(O)cc(C)c1Cc1c(C)cc(O)cc1CC. The van der Waals surface area contributed by atoms with Gasteiger partial charge in [-0.25, -0.2) is 0 Å². The largest absolute Gasteiger partial charge is 0.508 e. The Hall–Kier alpha value is -1.96. The van der Waals surface area contributed by atoms with E-state index in [9.17, 15) is 10.2 Å². The Labute approximate surface area is 127 Å². The Morgan fingerprint density at radius 2 is 1.10 bits per heavy atom. The van der Waals surface area contributed by atoms with Crippen LogP contribution in [0.15, 0.2) is 24.3 Å². The van der Waals surface area contributed by atoms with Crippen LogP contribution in [-0.2, 0) is 19.3 Å². The Morgan fingerprint density at radius 3 is 1.43 bits per heavy atom. The third kappa shape index (κ3) is 3.21. The normalized spacial score (nSPS) is 10.9. The van der Waals surface area contributed by atoms with E-state index in [1.165, 1.54) is 22.3 Å². The summed E-state index contributed by atoms with van der Waals surface area (Å²) < 4.78 is 0. The maximum atomic E-state index is 9.77. The molecule has 112 valence electrons. The number of rotatable bonds is 4. The molecule has 0 fully saturated rings. The van der Waals surface area contributed by atoms with Crippen molar-refractivity contribution >= 4 is 0 Å². The van der Waals surface area contributed by atoms with Crippen molar-refractivity contribution in [2.24, 2.45) is 0 Å². The van der Waals surface area contributed by atoms with E-state index < -0.39 is 0 Å². The molecule has 21 heavy (non-hydrogen) atoms. The third-order valence-corrected chi connectivity index (χ3v) is 4.22. The van der Waals surface area contributed by atoms with Crippen LogP contribution in [-0.4, -0.2) is 10.2 Å². The molecule has 0 saturated heterocycles. The summed E-state index contributed by atoms with van der Waals surface area (Å²) >= 11 is 0. The van der Waals surface area contributed by atoms with Gasteiger partial charge in [-0.3, -0.25) is 0 Å². The number of hydrogen-bond donors (Lipinski definition) is 2. The zero-order valence-electron chi connectivity index (χ0n) is 13.3. The van der Waals surface area contributed by atoms with Crippen LogP contribution >= 0.6 is 0 Å². The van der Waals surface area contributed by atoms with Crippen LogP contribution in [0.1, 0.15) is 47.2 Å². The van der Waals surface area contributed by atoms with E-state index in [1.807, 2.05) is 24.3 Å². The van der Waals surface area contributed by atoms with Gasteiger partial charge in [0, 0.05) is 0 Å². The molecule has 0 unspecified atom stereocenters.